The molecule has 0 aliphatic carbocycles. The maximum absolute atomic E-state index is 11.9. The first kappa shape index (κ1) is 15.5. The van der Waals surface area contributed by atoms with Crippen LogP contribution in [0.3, 0.4) is 0 Å². The first-order chi connectivity index (χ1) is 12.2. The number of nitrogens with one attached hydrogen (secondary N) is 1. The Hall–Kier alpha value is -2.99. The molecule has 0 radical (unpaired) electrons. The molecule has 1 N–H and O–H groups in total. The van der Waals surface area contributed by atoms with Crippen LogP contribution in [0.25, 0.3) is 5.69 Å². The molecule has 7 heteroatoms. The van der Waals surface area contributed by atoms with E-state index in [-0.39, 0.29) is 11.7 Å². The molecule has 1 aliphatic rings. The number of carbonyl (C=O) groups excluding carboxylic acids is 1. The lowest BCUT2D eigenvalue weighted by Crippen LogP contribution is -2.19. The van der Waals surface area contributed by atoms with Gasteiger partial charge in [0, 0.05) is 23.2 Å². The number of hydrogen-bond acceptors (Lipinski definition) is 4. The van der Waals surface area contributed by atoms with Gasteiger partial charge < -0.3 is 5.32 Å². The molecule has 2 heterocycles. The van der Waals surface area contributed by atoms with Crippen molar-refractivity contribution >= 4 is 23.2 Å². The Morgan fingerprint density at radius 1 is 1.20 bits per heavy atom. The Balaban J connectivity index is 1.93. The van der Waals surface area contributed by atoms with Crippen LogP contribution in [-0.2, 0) is 6.54 Å². The Morgan fingerprint density at radius 2 is 2.00 bits per heavy atom. The SMILES string of the molecule is CNC(=O)c1nc2n(n1)-c1ccc(Cl)cc1C(c1ccccc1)=NC2. The smallest absolute Gasteiger partial charge is 0.290 e. The van der Waals surface area contributed by atoms with Crippen molar-refractivity contribution in [2.24, 2.45) is 4.99 Å². The van der Waals surface area contributed by atoms with E-state index >= 15 is 0 Å². The van der Waals surface area contributed by atoms with Gasteiger partial charge in [0.15, 0.2) is 5.82 Å². The molecule has 3 aromatic rings. The van der Waals surface area contributed by atoms with Crippen LogP contribution in [-0.4, -0.2) is 33.4 Å². The van der Waals surface area contributed by atoms with Crippen LogP contribution in [0.4, 0.5) is 0 Å². The number of hydrogen-bond donors (Lipinski definition) is 1. The van der Waals surface area contributed by atoms with Crippen LogP contribution >= 0.6 is 11.6 Å². The minimum Gasteiger partial charge on any atom is -0.352 e. The monoisotopic (exact) mass is 351 g/mol. The fourth-order valence-corrected chi connectivity index (χ4v) is 2.98. The highest BCUT2D eigenvalue weighted by Gasteiger charge is 2.23. The number of nitrogens with zero attached hydrogens (tertiary/aromatic N) is 4. The maximum Gasteiger partial charge on any atom is 0.290 e. The van der Waals surface area contributed by atoms with Gasteiger partial charge >= 0.3 is 0 Å². The van der Waals surface area contributed by atoms with Crippen LogP contribution in [0.5, 0.6) is 0 Å². The van der Waals surface area contributed by atoms with Gasteiger partial charge in [0.2, 0.25) is 5.82 Å². The number of halogens is 1. The molecular weight excluding hydrogens is 338 g/mol. The molecule has 0 spiro atoms. The molecule has 0 fully saturated rings. The molecule has 25 heavy (non-hydrogen) atoms. The fraction of sp³-hybridized carbons (Fsp3) is 0.111. The van der Waals surface area contributed by atoms with Gasteiger partial charge in [0.1, 0.15) is 0 Å². The van der Waals surface area contributed by atoms with Gasteiger partial charge in [-0.2, -0.15) is 0 Å². The van der Waals surface area contributed by atoms with Crippen molar-refractivity contribution in [3.8, 4) is 5.69 Å². The first-order valence-corrected chi connectivity index (χ1v) is 8.13. The van der Waals surface area contributed by atoms with E-state index in [0.29, 0.717) is 17.4 Å². The normalized spacial score (nSPS) is 12.6. The Bertz CT molecular complexity index is 994. The molecule has 6 nitrogen and oxygen atoms in total. The molecule has 1 aliphatic heterocycles. The predicted octanol–water partition coefficient (Wildman–Crippen LogP) is 2.63. The topological polar surface area (TPSA) is 72.2 Å². The third-order valence-electron chi connectivity index (χ3n) is 3.97. The summed E-state index contributed by atoms with van der Waals surface area (Å²) < 4.78 is 1.66. The number of aromatic nitrogens is 3. The predicted molar refractivity (Wildman–Crippen MR) is 95.5 cm³/mol. The molecule has 0 unspecified atom stereocenters. The summed E-state index contributed by atoms with van der Waals surface area (Å²) in [6.07, 6.45) is 0. The van der Waals surface area contributed by atoms with Crippen LogP contribution in [0.2, 0.25) is 5.02 Å². The summed E-state index contributed by atoms with van der Waals surface area (Å²) in [5.41, 5.74) is 3.46. The molecule has 4 rings (SSSR count). The largest absolute Gasteiger partial charge is 0.352 e. The standard InChI is InChI=1S/C18H14ClN5O/c1-20-18(25)17-22-15-10-21-16(11-5-3-2-4-6-11)13-9-12(19)7-8-14(13)24(15)23-17/h2-9H,10H2,1H3,(H,20,25). The highest BCUT2D eigenvalue weighted by molar-refractivity contribution is 6.31. The first-order valence-electron chi connectivity index (χ1n) is 7.75. The van der Waals surface area contributed by atoms with Crippen LogP contribution in [0, 0.1) is 0 Å². The minimum absolute atomic E-state index is 0.122. The van der Waals surface area contributed by atoms with Crippen molar-refractivity contribution in [1.82, 2.24) is 20.1 Å². The average molecular weight is 352 g/mol. The van der Waals surface area contributed by atoms with Crippen LogP contribution in [0.1, 0.15) is 27.6 Å². The maximum atomic E-state index is 11.9. The minimum atomic E-state index is -0.330. The zero-order chi connectivity index (χ0) is 17.4. The van der Waals surface area contributed by atoms with Gasteiger partial charge in [-0.15, -0.1) is 5.10 Å². The Kier molecular flexibility index (Phi) is 3.82. The molecule has 1 amide bonds. The van der Waals surface area contributed by atoms with Crippen molar-refractivity contribution in [3.05, 3.63) is 76.3 Å². The summed E-state index contributed by atoms with van der Waals surface area (Å²) in [7, 11) is 1.55. The van der Waals surface area contributed by atoms with Crippen molar-refractivity contribution < 1.29 is 4.79 Å². The third-order valence-corrected chi connectivity index (χ3v) is 4.21. The summed E-state index contributed by atoms with van der Waals surface area (Å²) in [5.74, 6) is 0.396. The number of aliphatic imine (C=N–C) groups is 1. The molecule has 0 saturated heterocycles. The Labute approximate surface area is 149 Å². The lowest BCUT2D eigenvalue weighted by Gasteiger charge is -2.11. The summed E-state index contributed by atoms with van der Waals surface area (Å²) in [5, 5.41) is 7.51. The van der Waals surface area contributed by atoms with E-state index in [9.17, 15) is 4.79 Å². The number of rotatable bonds is 2. The zero-order valence-electron chi connectivity index (χ0n) is 13.4. The van der Waals surface area contributed by atoms with E-state index in [1.165, 1.54) is 0 Å². The average Bonchev–Trinajstić information content (AvgIpc) is 3.00. The Morgan fingerprint density at radius 3 is 2.76 bits per heavy atom. The lowest BCUT2D eigenvalue weighted by molar-refractivity contribution is 0.0953. The number of fused-ring (bicyclic) bond motifs is 3. The summed E-state index contributed by atoms with van der Waals surface area (Å²) in [4.78, 5) is 20.9. The molecule has 1 aromatic heterocycles. The zero-order valence-corrected chi connectivity index (χ0v) is 14.2. The summed E-state index contributed by atoms with van der Waals surface area (Å²) in [6.45, 7) is 0.320. The highest BCUT2D eigenvalue weighted by Crippen LogP contribution is 2.26. The van der Waals surface area contributed by atoms with E-state index in [4.69, 9.17) is 16.6 Å². The molecule has 0 bridgehead atoms. The van der Waals surface area contributed by atoms with Crippen molar-refractivity contribution in [1.29, 1.82) is 0 Å². The quantitative estimate of drug-likeness (QED) is 0.771. The second-order valence-corrected chi connectivity index (χ2v) is 5.97. The number of benzene rings is 2. The number of carbonyl (C=O) groups is 1. The molecular formula is C18H14ClN5O. The van der Waals surface area contributed by atoms with E-state index < -0.39 is 0 Å². The second kappa shape index (κ2) is 6.14. The van der Waals surface area contributed by atoms with Gasteiger partial charge in [0.05, 0.1) is 17.9 Å². The van der Waals surface area contributed by atoms with Crippen LogP contribution in [0.15, 0.2) is 53.5 Å². The fourth-order valence-electron chi connectivity index (χ4n) is 2.81. The molecule has 124 valence electrons. The van der Waals surface area contributed by atoms with Gasteiger partial charge in [-0.3, -0.25) is 9.79 Å². The second-order valence-electron chi connectivity index (χ2n) is 5.53. The van der Waals surface area contributed by atoms with E-state index in [1.807, 2.05) is 42.5 Å². The van der Waals surface area contributed by atoms with E-state index in [2.05, 4.69) is 15.4 Å². The summed E-state index contributed by atoms with van der Waals surface area (Å²) in [6, 6.07) is 15.4. The van der Waals surface area contributed by atoms with Crippen molar-refractivity contribution in [2.75, 3.05) is 7.05 Å². The van der Waals surface area contributed by atoms with Gasteiger partial charge in [0.25, 0.3) is 5.91 Å². The van der Waals surface area contributed by atoms with E-state index in [1.54, 1.807) is 17.8 Å². The van der Waals surface area contributed by atoms with Crippen molar-refractivity contribution in [3.63, 3.8) is 0 Å². The molecule has 2 aromatic carbocycles. The van der Waals surface area contributed by atoms with Crippen LogP contribution < -0.4 is 5.32 Å². The molecule has 0 saturated carbocycles. The van der Waals surface area contributed by atoms with Gasteiger partial charge in [-0.1, -0.05) is 41.9 Å². The van der Waals surface area contributed by atoms with Gasteiger partial charge in [-0.05, 0) is 18.2 Å². The van der Waals surface area contributed by atoms with Crippen molar-refractivity contribution in [2.45, 2.75) is 6.54 Å². The molecule has 0 atom stereocenters. The van der Waals surface area contributed by atoms with E-state index in [0.717, 1.165) is 22.5 Å². The summed E-state index contributed by atoms with van der Waals surface area (Å²) >= 11 is 6.22. The third kappa shape index (κ3) is 2.70. The van der Waals surface area contributed by atoms with Gasteiger partial charge in [-0.25, -0.2) is 9.67 Å². The lowest BCUT2D eigenvalue weighted by atomic mass is 10.0. The number of amides is 1. The highest BCUT2D eigenvalue weighted by atomic mass is 35.5.